The Bertz CT molecular complexity index is 1590. The maximum atomic E-state index is 13.8. The zero-order chi connectivity index (χ0) is 26.1. The van der Waals surface area contributed by atoms with Crippen molar-refractivity contribution in [3.63, 3.8) is 0 Å². The third-order valence-electron chi connectivity index (χ3n) is 7.12. The molecule has 2 aliphatic rings. The molecule has 1 unspecified atom stereocenters. The number of nitrogens with zero attached hydrogens (tertiary/aromatic N) is 8. The topological polar surface area (TPSA) is 120 Å². The highest BCUT2D eigenvalue weighted by Crippen LogP contribution is 2.26. The number of nitrogens with two attached hydrogens (primary N) is 1. The molecule has 2 saturated heterocycles. The third kappa shape index (κ3) is 4.57. The van der Waals surface area contributed by atoms with Crippen molar-refractivity contribution in [2.45, 2.75) is 38.9 Å². The minimum Gasteiger partial charge on any atom is -0.378 e. The van der Waals surface area contributed by atoms with E-state index in [4.69, 9.17) is 25.4 Å². The Morgan fingerprint density at radius 2 is 1.92 bits per heavy atom. The average Bonchev–Trinajstić information content (AvgIpc) is 3.32. The highest BCUT2D eigenvalue weighted by atomic mass is 16.5. The van der Waals surface area contributed by atoms with E-state index in [1.165, 1.54) is 4.68 Å². The van der Waals surface area contributed by atoms with Crippen molar-refractivity contribution < 1.29 is 4.74 Å². The van der Waals surface area contributed by atoms with Gasteiger partial charge in [-0.25, -0.2) is 19.6 Å². The van der Waals surface area contributed by atoms with Gasteiger partial charge in [0.25, 0.3) is 5.56 Å². The predicted octanol–water partition coefficient (Wildman–Crippen LogP) is 1.37. The van der Waals surface area contributed by atoms with E-state index in [2.05, 4.69) is 26.7 Å². The van der Waals surface area contributed by atoms with Crippen molar-refractivity contribution in [1.29, 1.82) is 0 Å². The van der Waals surface area contributed by atoms with Crippen molar-refractivity contribution >= 4 is 33.7 Å². The van der Waals surface area contributed by atoms with Gasteiger partial charge < -0.3 is 20.3 Å². The quantitative estimate of drug-likeness (QED) is 0.395. The van der Waals surface area contributed by atoms with E-state index in [9.17, 15) is 4.79 Å². The van der Waals surface area contributed by atoms with Gasteiger partial charge in [-0.15, -0.1) is 5.92 Å². The van der Waals surface area contributed by atoms with Crippen molar-refractivity contribution in [3.05, 3.63) is 46.6 Å². The summed E-state index contributed by atoms with van der Waals surface area (Å²) in [6, 6.07) is 8.03. The van der Waals surface area contributed by atoms with Crippen LogP contribution in [0.1, 0.15) is 25.6 Å². The van der Waals surface area contributed by atoms with Crippen LogP contribution in [0, 0.1) is 11.8 Å². The van der Waals surface area contributed by atoms with Crippen LogP contribution in [0.25, 0.3) is 21.9 Å². The lowest BCUT2D eigenvalue weighted by atomic mass is 10.1. The SMILES string of the molecule is CC#CCn1c(N2CCCC(N)C2)nc2cnn(Cc3nc(N4CCOCC4)c4ccccc4n3)c(=O)c21. The highest BCUT2D eigenvalue weighted by molar-refractivity contribution is 5.89. The first-order valence-corrected chi connectivity index (χ1v) is 13.1. The van der Waals surface area contributed by atoms with Crippen molar-refractivity contribution in [1.82, 2.24) is 29.3 Å². The molecule has 0 spiro atoms. The molecule has 2 fully saturated rings. The number of benzene rings is 1. The molecule has 2 N–H and O–H groups in total. The highest BCUT2D eigenvalue weighted by Gasteiger charge is 2.25. The fourth-order valence-electron chi connectivity index (χ4n) is 5.25. The Labute approximate surface area is 220 Å². The number of hydrogen-bond donors (Lipinski definition) is 1. The molecule has 38 heavy (non-hydrogen) atoms. The van der Waals surface area contributed by atoms with Crippen LogP contribution < -0.4 is 21.1 Å². The number of hydrogen-bond acceptors (Lipinski definition) is 9. The van der Waals surface area contributed by atoms with E-state index >= 15 is 0 Å². The Morgan fingerprint density at radius 3 is 2.74 bits per heavy atom. The van der Waals surface area contributed by atoms with Crippen LogP contribution >= 0.6 is 0 Å². The summed E-state index contributed by atoms with van der Waals surface area (Å²) >= 11 is 0. The number of imidazole rings is 1. The van der Waals surface area contributed by atoms with Gasteiger partial charge in [0.15, 0.2) is 5.82 Å². The van der Waals surface area contributed by atoms with Gasteiger partial charge in [0, 0.05) is 37.6 Å². The van der Waals surface area contributed by atoms with E-state index in [0.717, 1.165) is 49.2 Å². The molecule has 3 aromatic heterocycles. The largest absolute Gasteiger partial charge is 0.378 e. The van der Waals surface area contributed by atoms with Gasteiger partial charge in [-0.3, -0.25) is 9.36 Å². The van der Waals surface area contributed by atoms with Gasteiger partial charge in [-0.2, -0.15) is 5.10 Å². The second kappa shape index (κ2) is 10.4. The number of fused-ring (bicyclic) bond motifs is 2. The molecule has 196 valence electrons. The van der Waals surface area contributed by atoms with E-state index in [-0.39, 0.29) is 18.1 Å². The van der Waals surface area contributed by atoms with Crippen molar-refractivity contribution in [2.24, 2.45) is 5.73 Å². The molecule has 1 atom stereocenters. The van der Waals surface area contributed by atoms with Gasteiger partial charge in [-0.05, 0) is 31.9 Å². The molecule has 0 amide bonds. The number of aromatic nitrogens is 6. The third-order valence-corrected chi connectivity index (χ3v) is 7.12. The first kappa shape index (κ1) is 24.3. The normalized spacial score (nSPS) is 18.1. The summed E-state index contributed by atoms with van der Waals surface area (Å²) in [6.45, 7) is 6.65. The fourth-order valence-corrected chi connectivity index (χ4v) is 5.25. The molecule has 5 heterocycles. The van der Waals surface area contributed by atoms with Crippen molar-refractivity contribution in [3.8, 4) is 11.8 Å². The molecule has 0 saturated carbocycles. The van der Waals surface area contributed by atoms with Crippen LogP contribution in [0.5, 0.6) is 0 Å². The average molecular weight is 514 g/mol. The van der Waals surface area contributed by atoms with Crippen LogP contribution in [-0.2, 0) is 17.8 Å². The van der Waals surface area contributed by atoms with Gasteiger partial charge in [0.1, 0.15) is 23.4 Å². The summed E-state index contributed by atoms with van der Waals surface area (Å²) in [5.41, 5.74) is 7.86. The van der Waals surface area contributed by atoms with Crippen molar-refractivity contribution in [2.75, 3.05) is 49.2 Å². The summed E-state index contributed by atoms with van der Waals surface area (Å²) in [5.74, 6) is 8.14. The molecule has 0 bridgehead atoms. The second-order valence-corrected chi connectivity index (χ2v) is 9.69. The molecule has 0 radical (unpaired) electrons. The summed E-state index contributed by atoms with van der Waals surface area (Å²) in [6.07, 6.45) is 3.61. The smallest absolute Gasteiger partial charge is 0.293 e. The maximum Gasteiger partial charge on any atom is 0.293 e. The summed E-state index contributed by atoms with van der Waals surface area (Å²) in [7, 11) is 0. The lowest BCUT2D eigenvalue weighted by Gasteiger charge is -2.31. The summed E-state index contributed by atoms with van der Waals surface area (Å²) in [4.78, 5) is 32.6. The van der Waals surface area contributed by atoms with Gasteiger partial charge in [-0.1, -0.05) is 18.1 Å². The van der Waals surface area contributed by atoms with E-state index in [0.29, 0.717) is 49.1 Å². The predicted molar refractivity (Wildman–Crippen MR) is 146 cm³/mol. The Kier molecular flexibility index (Phi) is 6.66. The van der Waals surface area contributed by atoms with Crippen LogP contribution in [0.3, 0.4) is 0 Å². The molecule has 4 aromatic rings. The zero-order valence-electron chi connectivity index (χ0n) is 21.5. The second-order valence-electron chi connectivity index (χ2n) is 9.69. The van der Waals surface area contributed by atoms with Crippen LogP contribution in [0.2, 0.25) is 0 Å². The number of anilines is 2. The first-order chi connectivity index (χ1) is 18.6. The minimum absolute atomic E-state index is 0.0785. The molecular formula is C27H31N9O2. The molecule has 1 aromatic carbocycles. The number of rotatable bonds is 5. The minimum atomic E-state index is -0.245. The van der Waals surface area contributed by atoms with Gasteiger partial charge in [0.2, 0.25) is 5.95 Å². The first-order valence-electron chi connectivity index (χ1n) is 13.1. The molecule has 11 nitrogen and oxygen atoms in total. The molecule has 11 heteroatoms. The maximum absolute atomic E-state index is 13.8. The van der Waals surface area contributed by atoms with E-state index in [1.807, 2.05) is 28.8 Å². The number of para-hydroxylation sites is 1. The lowest BCUT2D eigenvalue weighted by molar-refractivity contribution is 0.122. The summed E-state index contributed by atoms with van der Waals surface area (Å²) in [5, 5.41) is 5.44. The lowest BCUT2D eigenvalue weighted by Crippen LogP contribution is -2.44. The summed E-state index contributed by atoms with van der Waals surface area (Å²) < 4.78 is 8.85. The van der Waals surface area contributed by atoms with E-state index < -0.39 is 0 Å². The molecule has 6 rings (SSSR count). The van der Waals surface area contributed by atoms with E-state index in [1.54, 1.807) is 13.1 Å². The van der Waals surface area contributed by atoms with Crippen LogP contribution in [0.15, 0.2) is 35.3 Å². The molecule has 0 aliphatic carbocycles. The Hall–Kier alpha value is -4.01. The van der Waals surface area contributed by atoms with Crippen LogP contribution in [0.4, 0.5) is 11.8 Å². The number of ether oxygens (including phenoxy) is 1. The zero-order valence-corrected chi connectivity index (χ0v) is 21.5. The van der Waals surface area contributed by atoms with Gasteiger partial charge >= 0.3 is 0 Å². The molecule has 2 aliphatic heterocycles. The standard InChI is InChI=1S/C27H31N9O2/c1-2-3-11-35-24-22(31-27(35)34-10-6-7-19(28)17-34)16-29-36(26(24)37)18-23-30-21-9-5-4-8-20(21)25(32-23)33-12-14-38-15-13-33/h4-5,8-9,16,19H,6-7,10-15,17-18,28H2,1H3. The Balaban J connectivity index is 1.42. The van der Waals surface area contributed by atoms with Crippen LogP contribution in [-0.4, -0.2) is 74.7 Å². The fraction of sp³-hybridized carbons (Fsp3) is 0.444. The number of piperidine rings is 1. The number of morpholine rings is 1. The molecular weight excluding hydrogens is 482 g/mol. The van der Waals surface area contributed by atoms with Gasteiger partial charge in [0.05, 0.1) is 31.5 Å². The Morgan fingerprint density at radius 1 is 1.08 bits per heavy atom. The monoisotopic (exact) mass is 513 g/mol.